The van der Waals surface area contributed by atoms with Crippen molar-refractivity contribution >= 4 is 17.5 Å². The van der Waals surface area contributed by atoms with Crippen LogP contribution < -0.4 is 4.74 Å². The molecule has 0 spiro atoms. The van der Waals surface area contributed by atoms with Crippen molar-refractivity contribution in [2.24, 2.45) is 5.92 Å². The van der Waals surface area contributed by atoms with Gasteiger partial charge in [-0.15, -0.1) is 0 Å². The fraction of sp³-hybridized carbons (Fsp3) is 0.333. The Kier molecular flexibility index (Phi) is 6.49. The third kappa shape index (κ3) is 4.34. The Morgan fingerprint density at radius 2 is 2.06 bits per heavy atom. The van der Waals surface area contributed by atoms with Crippen LogP contribution in [0.2, 0.25) is 0 Å². The van der Waals surface area contributed by atoms with Crippen molar-refractivity contribution in [3.8, 4) is 5.75 Å². The van der Waals surface area contributed by atoms with Crippen LogP contribution in [-0.4, -0.2) is 45.1 Å². The van der Waals surface area contributed by atoms with Crippen molar-refractivity contribution in [1.29, 1.82) is 0 Å². The van der Waals surface area contributed by atoms with Crippen molar-refractivity contribution in [2.45, 2.75) is 32.4 Å². The molecule has 2 aromatic heterocycles. The highest BCUT2D eigenvalue weighted by atomic mass is 16.5. The standard InChI is InChI=1S/C24H25N3O5/c1-2-13-31-18-7-3-6-17(15-18)22(28)20-21(19-8-4-14-32-19)27(24(30)23(20)29)11-5-10-26-12-9-25-16-26/h3-4,6-9,12,14-16,20-21H,2,5,10-11,13H2,1H3. The molecule has 32 heavy (non-hydrogen) atoms. The molecule has 2 unspecified atom stereocenters. The maximum atomic E-state index is 13.4. The number of aromatic nitrogens is 2. The van der Waals surface area contributed by atoms with E-state index < -0.39 is 29.4 Å². The predicted octanol–water partition coefficient (Wildman–Crippen LogP) is 3.31. The van der Waals surface area contributed by atoms with Gasteiger partial charge in [-0.25, -0.2) is 4.98 Å². The molecule has 8 heteroatoms. The topological polar surface area (TPSA) is 94.6 Å². The Balaban J connectivity index is 1.59. The van der Waals surface area contributed by atoms with Gasteiger partial charge in [-0.3, -0.25) is 14.4 Å². The molecule has 0 saturated carbocycles. The van der Waals surface area contributed by atoms with Gasteiger partial charge in [0.1, 0.15) is 23.5 Å². The Hall–Kier alpha value is -3.68. The number of nitrogens with zero attached hydrogens (tertiary/aromatic N) is 3. The molecule has 4 rings (SSSR count). The predicted molar refractivity (Wildman–Crippen MR) is 115 cm³/mol. The van der Waals surface area contributed by atoms with Crippen LogP contribution in [0.5, 0.6) is 5.75 Å². The molecule has 0 bridgehead atoms. The first-order chi connectivity index (χ1) is 15.6. The summed E-state index contributed by atoms with van der Waals surface area (Å²) in [6.45, 7) is 3.47. The van der Waals surface area contributed by atoms with Crippen molar-refractivity contribution < 1.29 is 23.5 Å². The van der Waals surface area contributed by atoms with Gasteiger partial charge in [-0.1, -0.05) is 19.1 Å². The average Bonchev–Trinajstić information content (AvgIpc) is 3.56. The molecule has 3 aromatic rings. The summed E-state index contributed by atoms with van der Waals surface area (Å²) in [5.74, 6) is -1.97. The maximum absolute atomic E-state index is 13.4. The molecule has 2 atom stereocenters. The minimum absolute atomic E-state index is 0.317. The monoisotopic (exact) mass is 435 g/mol. The van der Waals surface area contributed by atoms with Crippen LogP contribution in [0.1, 0.15) is 41.9 Å². The van der Waals surface area contributed by atoms with Crippen LogP contribution in [0.25, 0.3) is 0 Å². The van der Waals surface area contributed by atoms with Crippen LogP contribution in [0.4, 0.5) is 0 Å². The lowest BCUT2D eigenvalue weighted by molar-refractivity contribution is -0.140. The lowest BCUT2D eigenvalue weighted by Gasteiger charge is -2.25. The first kappa shape index (κ1) is 21.5. The lowest BCUT2D eigenvalue weighted by atomic mass is 9.88. The SMILES string of the molecule is CCCOc1cccc(C(=O)C2C(=O)C(=O)N(CCCn3ccnc3)C2c2ccco2)c1. The number of hydrogen-bond donors (Lipinski definition) is 0. The van der Waals surface area contributed by atoms with Crippen molar-refractivity contribution in [3.63, 3.8) is 0 Å². The van der Waals surface area contributed by atoms with Crippen LogP contribution >= 0.6 is 0 Å². The average molecular weight is 435 g/mol. The van der Waals surface area contributed by atoms with E-state index in [1.807, 2.05) is 17.7 Å². The number of ether oxygens (including phenoxy) is 1. The zero-order valence-electron chi connectivity index (χ0n) is 17.8. The Morgan fingerprint density at radius 1 is 1.19 bits per heavy atom. The molecular weight excluding hydrogens is 410 g/mol. The number of hydrogen-bond acceptors (Lipinski definition) is 6. The number of ketones is 2. The molecule has 3 heterocycles. The van der Waals surface area contributed by atoms with Gasteiger partial charge < -0.3 is 18.6 Å². The minimum Gasteiger partial charge on any atom is -0.494 e. The van der Waals surface area contributed by atoms with E-state index in [1.165, 1.54) is 11.2 Å². The second-order valence-corrected chi connectivity index (χ2v) is 7.70. The smallest absolute Gasteiger partial charge is 0.291 e. The summed E-state index contributed by atoms with van der Waals surface area (Å²) in [4.78, 5) is 44.8. The van der Waals surface area contributed by atoms with Gasteiger partial charge in [0.15, 0.2) is 5.78 Å². The zero-order valence-corrected chi connectivity index (χ0v) is 17.8. The third-order valence-electron chi connectivity index (χ3n) is 5.49. The number of rotatable bonds is 10. The number of amides is 1. The summed E-state index contributed by atoms with van der Waals surface area (Å²) in [6.07, 6.45) is 8.13. The molecule has 1 aromatic carbocycles. The number of imidazole rings is 1. The number of carbonyl (C=O) groups is 3. The Morgan fingerprint density at radius 3 is 2.78 bits per heavy atom. The number of benzene rings is 1. The molecule has 1 saturated heterocycles. The van der Waals surface area contributed by atoms with E-state index in [0.717, 1.165) is 6.42 Å². The normalized spacial score (nSPS) is 18.3. The van der Waals surface area contributed by atoms with E-state index in [9.17, 15) is 14.4 Å². The van der Waals surface area contributed by atoms with E-state index in [1.54, 1.807) is 48.9 Å². The van der Waals surface area contributed by atoms with Gasteiger partial charge in [-0.05, 0) is 37.1 Å². The van der Waals surface area contributed by atoms with Gasteiger partial charge in [0.05, 0.1) is 19.2 Å². The number of furan rings is 1. The fourth-order valence-electron chi connectivity index (χ4n) is 3.99. The van der Waals surface area contributed by atoms with Crippen LogP contribution in [-0.2, 0) is 16.1 Å². The third-order valence-corrected chi connectivity index (χ3v) is 5.49. The highest BCUT2D eigenvalue weighted by Gasteiger charge is 2.52. The summed E-state index contributed by atoms with van der Waals surface area (Å²) >= 11 is 0. The van der Waals surface area contributed by atoms with E-state index in [2.05, 4.69) is 4.98 Å². The molecule has 166 valence electrons. The van der Waals surface area contributed by atoms with E-state index in [4.69, 9.17) is 9.15 Å². The second-order valence-electron chi connectivity index (χ2n) is 7.70. The van der Waals surface area contributed by atoms with Crippen molar-refractivity contribution in [2.75, 3.05) is 13.2 Å². The van der Waals surface area contributed by atoms with Gasteiger partial charge >= 0.3 is 0 Å². The molecular formula is C24H25N3O5. The number of Topliss-reactive ketones (excluding diaryl/α,β-unsaturated/α-hetero) is 2. The summed E-state index contributed by atoms with van der Waals surface area (Å²) in [6, 6.07) is 9.34. The van der Waals surface area contributed by atoms with E-state index in [-0.39, 0.29) is 0 Å². The second kappa shape index (κ2) is 9.64. The molecule has 1 amide bonds. The molecule has 0 aliphatic carbocycles. The van der Waals surface area contributed by atoms with Crippen molar-refractivity contribution in [1.82, 2.24) is 14.5 Å². The van der Waals surface area contributed by atoms with Gasteiger partial charge in [0, 0.05) is 31.0 Å². The summed E-state index contributed by atoms with van der Waals surface area (Å²) in [5.41, 5.74) is 0.335. The molecule has 1 aliphatic rings. The fourth-order valence-corrected chi connectivity index (χ4v) is 3.99. The molecule has 0 radical (unpaired) electrons. The quantitative estimate of drug-likeness (QED) is 0.275. The number of likely N-dealkylation sites (tertiary alicyclic amines) is 1. The lowest BCUT2D eigenvalue weighted by Crippen LogP contribution is -2.32. The first-order valence-corrected chi connectivity index (χ1v) is 10.7. The highest BCUT2D eigenvalue weighted by molar-refractivity contribution is 6.44. The van der Waals surface area contributed by atoms with Gasteiger partial charge in [0.25, 0.3) is 5.91 Å². The number of carbonyl (C=O) groups excluding carboxylic acids is 3. The van der Waals surface area contributed by atoms with Crippen LogP contribution in [0.3, 0.4) is 0 Å². The molecule has 8 nitrogen and oxygen atoms in total. The summed E-state index contributed by atoms with van der Waals surface area (Å²) < 4.78 is 13.1. The first-order valence-electron chi connectivity index (χ1n) is 10.7. The molecule has 1 fully saturated rings. The van der Waals surface area contributed by atoms with Gasteiger partial charge in [0.2, 0.25) is 5.78 Å². The number of aryl methyl sites for hydroxylation is 1. The summed E-state index contributed by atoms with van der Waals surface area (Å²) in [5, 5.41) is 0. The Bertz CT molecular complexity index is 1080. The Labute approximate surface area is 185 Å². The van der Waals surface area contributed by atoms with Crippen molar-refractivity contribution in [3.05, 3.63) is 72.7 Å². The van der Waals surface area contributed by atoms with Crippen LogP contribution in [0, 0.1) is 5.92 Å². The molecule has 0 N–H and O–H groups in total. The van der Waals surface area contributed by atoms with Crippen LogP contribution in [0.15, 0.2) is 65.8 Å². The highest BCUT2D eigenvalue weighted by Crippen LogP contribution is 2.38. The largest absolute Gasteiger partial charge is 0.494 e. The zero-order chi connectivity index (χ0) is 22.5. The van der Waals surface area contributed by atoms with Gasteiger partial charge in [-0.2, -0.15) is 0 Å². The van der Waals surface area contributed by atoms with E-state index >= 15 is 0 Å². The maximum Gasteiger partial charge on any atom is 0.291 e. The minimum atomic E-state index is -1.16. The summed E-state index contributed by atoms with van der Waals surface area (Å²) in [7, 11) is 0. The van der Waals surface area contributed by atoms with E-state index in [0.29, 0.717) is 43.2 Å². The molecule has 1 aliphatic heterocycles.